The molecule has 0 heterocycles. The molecule has 0 aliphatic heterocycles. The highest BCUT2D eigenvalue weighted by Gasteiger charge is 2.18. The molecule has 1 amide bonds. The van der Waals surface area contributed by atoms with Crippen molar-refractivity contribution >= 4 is 12.2 Å². The van der Waals surface area contributed by atoms with E-state index in [1.807, 2.05) is 0 Å². The molecular weight excluding hydrogens is 196 g/mol. The largest absolute Gasteiger partial charge is 0.497 e. The fourth-order valence-corrected chi connectivity index (χ4v) is 1.40. The van der Waals surface area contributed by atoms with Crippen LogP contribution in [0.3, 0.4) is 0 Å². The Bertz CT molecular complexity index is 332. The number of rotatable bonds is 4. The minimum absolute atomic E-state index is 0.269. The van der Waals surface area contributed by atoms with E-state index in [0.29, 0.717) is 24.2 Å². The fourth-order valence-electron chi connectivity index (χ4n) is 1.40. The third kappa shape index (κ3) is 2.59. The molecule has 0 aromatic carbocycles. The van der Waals surface area contributed by atoms with Gasteiger partial charge < -0.3 is 14.8 Å². The fraction of sp³-hybridized carbons (Fsp3) is 0.400. The van der Waals surface area contributed by atoms with E-state index in [1.165, 1.54) is 7.11 Å². The average Bonchev–Trinajstić information content (AvgIpc) is 2.28. The summed E-state index contributed by atoms with van der Waals surface area (Å²) in [4.78, 5) is 11.4. The van der Waals surface area contributed by atoms with Crippen LogP contribution in [0.5, 0.6) is 0 Å². The second-order valence-corrected chi connectivity index (χ2v) is 2.98. The molecule has 0 aromatic heterocycles. The standard InChI is InChI=1S/C10H14N2O3/c1-14-8-4-3-7(5-9(8)15-2)10(13)12-6-11/h5-6H,3-4H2,1-2H3,(H2,11,12,13). The number of carbonyl (C=O) groups is 1. The normalized spacial score (nSPS) is 15.5. The third-order valence-corrected chi connectivity index (χ3v) is 2.16. The van der Waals surface area contributed by atoms with Crippen molar-refractivity contribution in [3.8, 4) is 0 Å². The van der Waals surface area contributed by atoms with Gasteiger partial charge in [-0.15, -0.1) is 0 Å². The number of hydrogen-bond acceptors (Lipinski definition) is 4. The van der Waals surface area contributed by atoms with Crippen molar-refractivity contribution in [2.75, 3.05) is 14.2 Å². The predicted octanol–water partition coefficient (Wildman–Crippen LogP) is 0.934. The lowest BCUT2D eigenvalue weighted by atomic mass is 10.0. The van der Waals surface area contributed by atoms with Gasteiger partial charge in [-0.25, -0.2) is 0 Å². The Morgan fingerprint density at radius 2 is 2.20 bits per heavy atom. The molecule has 1 aliphatic rings. The van der Waals surface area contributed by atoms with E-state index in [1.54, 1.807) is 13.2 Å². The molecule has 82 valence electrons. The summed E-state index contributed by atoms with van der Waals surface area (Å²) in [6.07, 6.45) is 3.74. The van der Waals surface area contributed by atoms with Crippen molar-refractivity contribution in [3.63, 3.8) is 0 Å². The molecule has 1 aliphatic carbocycles. The van der Waals surface area contributed by atoms with Gasteiger partial charge in [0.2, 0.25) is 0 Å². The van der Waals surface area contributed by atoms with Crippen molar-refractivity contribution in [2.24, 2.45) is 0 Å². The molecule has 5 nitrogen and oxygen atoms in total. The highest BCUT2D eigenvalue weighted by Crippen LogP contribution is 2.24. The van der Waals surface area contributed by atoms with Gasteiger partial charge in [0, 0.05) is 12.0 Å². The average molecular weight is 210 g/mol. The van der Waals surface area contributed by atoms with Crippen LogP contribution in [0.15, 0.2) is 23.2 Å². The highest BCUT2D eigenvalue weighted by atomic mass is 16.5. The molecule has 5 heteroatoms. The van der Waals surface area contributed by atoms with Gasteiger partial charge in [0.1, 0.15) is 5.76 Å². The smallest absolute Gasteiger partial charge is 0.252 e. The SMILES string of the molecule is COC1=C(OC)CCC(C(=O)NC=N)=C1. The minimum atomic E-state index is -0.269. The minimum Gasteiger partial charge on any atom is -0.497 e. The molecule has 0 spiro atoms. The van der Waals surface area contributed by atoms with Gasteiger partial charge in [-0.05, 0) is 12.5 Å². The van der Waals surface area contributed by atoms with Crippen LogP contribution in [0, 0.1) is 5.41 Å². The van der Waals surface area contributed by atoms with Crippen molar-refractivity contribution in [1.82, 2.24) is 5.32 Å². The van der Waals surface area contributed by atoms with Crippen molar-refractivity contribution in [2.45, 2.75) is 12.8 Å². The zero-order valence-corrected chi connectivity index (χ0v) is 8.79. The Labute approximate surface area is 88.3 Å². The van der Waals surface area contributed by atoms with E-state index in [9.17, 15) is 4.79 Å². The summed E-state index contributed by atoms with van der Waals surface area (Å²) in [6.45, 7) is 0. The van der Waals surface area contributed by atoms with Crippen molar-refractivity contribution < 1.29 is 14.3 Å². The maximum Gasteiger partial charge on any atom is 0.252 e. The van der Waals surface area contributed by atoms with Crippen LogP contribution in [0.4, 0.5) is 0 Å². The zero-order chi connectivity index (χ0) is 11.3. The summed E-state index contributed by atoms with van der Waals surface area (Å²) in [6, 6.07) is 0. The number of hydrogen-bond donors (Lipinski definition) is 2. The van der Waals surface area contributed by atoms with E-state index < -0.39 is 0 Å². The van der Waals surface area contributed by atoms with Crippen LogP contribution in [0.1, 0.15) is 12.8 Å². The molecule has 0 radical (unpaired) electrons. The number of allylic oxidation sites excluding steroid dienone is 2. The molecule has 0 atom stereocenters. The molecule has 0 saturated carbocycles. The Morgan fingerprint density at radius 1 is 1.47 bits per heavy atom. The summed E-state index contributed by atoms with van der Waals surface area (Å²) < 4.78 is 10.2. The van der Waals surface area contributed by atoms with Crippen LogP contribution >= 0.6 is 0 Å². The Hall–Kier alpha value is -1.78. The molecule has 0 saturated heterocycles. The van der Waals surface area contributed by atoms with Gasteiger partial charge in [-0.2, -0.15) is 0 Å². The van der Waals surface area contributed by atoms with Crippen molar-refractivity contribution in [3.05, 3.63) is 23.2 Å². The van der Waals surface area contributed by atoms with E-state index in [4.69, 9.17) is 14.9 Å². The summed E-state index contributed by atoms with van der Waals surface area (Å²) in [5.41, 5.74) is 0.594. The quantitative estimate of drug-likeness (QED) is 0.535. The second kappa shape index (κ2) is 5.19. The second-order valence-electron chi connectivity index (χ2n) is 2.98. The number of carbonyl (C=O) groups excluding carboxylic acids is 1. The van der Waals surface area contributed by atoms with E-state index in [2.05, 4.69) is 5.32 Å². The lowest BCUT2D eigenvalue weighted by Gasteiger charge is -2.17. The van der Waals surface area contributed by atoms with Crippen LogP contribution in [0.25, 0.3) is 0 Å². The Kier molecular flexibility index (Phi) is 3.91. The molecule has 15 heavy (non-hydrogen) atoms. The first kappa shape index (κ1) is 11.3. The van der Waals surface area contributed by atoms with Gasteiger partial charge in [0.05, 0.1) is 20.6 Å². The van der Waals surface area contributed by atoms with E-state index in [-0.39, 0.29) is 5.91 Å². The number of amides is 1. The monoisotopic (exact) mass is 210 g/mol. The maximum atomic E-state index is 11.4. The third-order valence-electron chi connectivity index (χ3n) is 2.16. The molecule has 0 aromatic rings. The lowest BCUT2D eigenvalue weighted by molar-refractivity contribution is -0.116. The molecule has 0 fully saturated rings. The Morgan fingerprint density at radius 3 is 2.73 bits per heavy atom. The van der Waals surface area contributed by atoms with Crippen LogP contribution in [-0.4, -0.2) is 26.5 Å². The van der Waals surface area contributed by atoms with E-state index in [0.717, 1.165) is 12.1 Å². The first-order valence-electron chi connectivity index (χ1n) is 4.54. The van der Waals surface area contributed by atoms with Gasteiger partial charge >= 0.3 is 0 Å². The topological polar surface area (TPSA) is 71.4 Å². The summed E-state index contributed by atoms with van der Waals surface area (Å²) in [5, 5.41) is 9.08. The number of ether oxygens (including phenoxy) is 2. The maximum absolute atomic E-state index is 11.4. The summed E-state index contributed by atoms with van der Waals surface area (Å²) in [7, 11) is 3.10. The predicted molar refractivity (Wildman–Crippen MR) is 55.3 cm³/mol. The molecular formula is C10H14N2O3. The molecule has 0 unspecified atom stereocenters. The van der Waals surface area contributed by atoms with Crippen LogP contribution in [-0.2, 0) is 14.3 Å². The number of methoxy groups -OCH3 is 2. The highest BCUT2D eigenvalue weighted by molar-refractivity contribution is 6.00. The lowest BCUT2D eigenvalue weighted by Crippen LogP contribution is -2.24. The summed E-state index contributed by atoms with van der Waals surface area (Å²) >= 11 is 0. The summed E-state index contributed by atoms with van der Waals surface area (Å²) in [5.74, 6) is 1.04. The van der Waals surface area contributed by atoms with Crippen molar-refractivity contribution in [1.29, 1.82) is 5.41 Å². The van der Waals surface area contributed by atoms with Crippen LogP contribution in [0.2, 0.25) is 0 Å². The van der Waals surface area contributed by atoms with Gasteiger partial charge in [0.15, 0.2) is 5.76 Å². The zero-order valence-electron chi connectivity index (χ0n) is 8.79. The first-order valence-corrected chi connectivity index (χ1v) is 4.54. The number of nitrogens with one attached hydrogen (secondary N) is 2. The molecule has 1 rings (SSSR count). The van der Waals surface area contributed by atoms with Gasteiger partial charge in [-0.3, -0.25) is 10.2 Å². The van der Waals surface area contributed by atoms with E-state index >= 15 is 0 Å². The Balaban J connectivity index is 2.86. The molecule has 0 bridgehead atoms. The van der Waals surface area contributed by atoms with Crippen LogP contribution < -0.4 is 5.32 Å². The molecule has 2 N–H and O–H groups in total. The van der Waals surface area contributed by atoms with Gasteiger partial charge in [-0.1, -0.05) is 0 Å². The first-order chi connectivity index (χ1) is 7.22. The van der Waals surface area contributed by atoms with Gasteiger partial charge in [0.25, 0.3) is 5.91 Å².